The zero-order valence-electron chi connectivity index (χ0n) is 14.4. The highest BCUT2D eigenvalue weighted by molar-refractivity contribution is 8.01. The van der Waals surface area contributed by atoms with Gasteiger partial charge in [-0.15, -0.1) is 10.2 Å². The molecule has 1 aromatic heterocycles. The number of carbonyl (C=O) groups is 1. The Morgan fingerprint density at radius 2 is 2.19 bits per heavy atom. The second-order valence-corrected chi connectivity index (χ2v) is 9.01. The summed E-state index contributed by atoms with van der Waals surface area (Å²) < 4.78 is 14.8. The van der Waals surface area contributed by atoms with Crippen molar-refractivity contribution >= 4 is 45.7 Å². The van der Waals surface area contributed by atoms with E-state index in [-0.39, 0.29) is 17.6 Å². The van der Waals surface area contributed by atoms with Crippen molar-refractivity contribution in [1.82, 2.24) is 15.1 Å². The predicted molar refractivity (Wildman–Crippen MR) is 104 cm³/mol. The molecule has 0 radical (unpaired) electrons. The zero-order chi connectivity index (χ0) is 18.5. The third-order valence-corrected chi connectivity index (χ3v) is 6.36. The van der Waals surface area contributed by atoms with Gasteiger partial charge >= 0.3 is 0 Å². The summed E-state index contributed by atoms with van der Waals surface area (Å²) in [6, 6.07) is 4.76. The molecule has 0 saturated carbocycles. The molecule has 1 saturated heterocycles. The third kappa shape index (κ3) is 5.16. The lowest BCUT2D eigenvalue weighted by molar-refractivity contribution is -0.121. The van der Waals surface area contributed by atoms with Gasteiger partial charge in [-0.05, 0) is 43.8 Å². The monoisotopic (exact) mass is 414 g/mol. The summed E-state index contributed by atoms with van der Waals surface area (Å²) in [5, 5.41) is 11.9. The van der Waals surface area contributed by atoms with Gasteiger partial charge in [0.1, 0.15) is 5.82 Å². The van der Waals surface area contributed by atoms with Gasteiger partial charge in [-0.1, -0.05) is 47.7 Å². The summed E-state index contributed by atoms with van der Waals surface area (Å²) in [7, 11) is 0. The molecule has 0 unspecified atom stereocenters. The first-order chi connectivity index (χ1) is 12.5. The van der Waals surface area contributed by atoms with E-state index >= 15 is 0 Å². The van der Waals surface area contributed by atoms with Crippen LogP contribution in [0, 0.1) is 11.7 Å². The van der Waals surface area contributed by atoms with Crippen LogP contribution in [0.15, 0.2) is 22.5 Å². The number of aromatic nitrogens is 2. The van der Waals surface area contributed by atoms with E-state index in [2.05, 4.69) is 20.4 Å². The van der Waals surface area contributed by atoms with E-state index in [1.54, 1.807) is 23.9 Å². The van der Waals surface area contributed by atoms with Crippen molar-refractivity contribution in [1.29, 1.82) is 0 Å². The Kier molecular flexibility index (Phi) is 6.86. The SMILES string of the molecule is CCSc1nnc(NC(=O)C2CCN(Cc3ccc(Cl)cc3F)CC2)s1. The molecule has 26 heavy (non-hydrogen) atoms. The molecule has 1 aromatic carbocycles. The molecule has 140 valence electrons. The fourth-order valence-electron chi connectivity index (χ4n) is 2.89. The molecule has 1 N–H and O–H groups in total. The molecular formula is C17H20ClFN4OS2. The molecule has 0 spiro atoms. The minimum Gasteiger partial charge on any atom is -0.300 e. The second-order valence-electron chi connectivity index (χ2n) is 6.08. The molecule has 0 aliphatic carbocycles. The van der Waals surface area contributed by atoms with E-state index in [0.717, 1.165) is 36.0 Å². The number of thioether (sulfide) groups is 1. The van der Waals surface area contributed by atoms with Gasteiger partial charge in [-0.25, -0.2) is 4.39 Å². The molecule has 1 aliphatic rings. The number of rotatable bonds is 6. The van der Waals surface area contributed by atoms with Gasteiger partial charge < -0.3 is 5.32 Å². The highest BCUT2D eigenvalue weighted by atomic mass is 35.5. The van der Waals surface area contributed by atoms with Crippen molar-refractivity contribution in [2.75, 3.05) is 24.2 Å². The highest BCUT2D eigenvalue weighted by Crippen LogP contribution is 2.27. The van der Waals surface area contributed by atoms with Crippen molar-refractivity contribution < 1.29 is 9.18 Å². The smallest absolute Gasteiger partial charge is 0.229 e. The number of hydrogen-bond acceptors (Lipinski definition) is 6. The van der Waals surface area contributed by atoms with Crippen molar-refractivity contribution in [3.63, 3.8) is 0 Å². The summed E-state index contributed by atoms with van der Waals surface area (Å²) in [4.78, 5) is 14.6. The first-order valence-electron chi connectivity index (χ1n) is 8.48. The molecule has 0 bridgehead atoms. The second kappa shape index (κ2) is 9.12. The maximum atomic E-state index is 13.9. The number of carbonyl (C=O) groups excluding carboxylic acids is 1. The number of nitrogens with one attached hydrogen (secondary N) is 1. The highest BCUT2D eigenvalue weighted by Gasteiger charge is 2.26. The quantitative estimate of drug-likeness (QED) is 0.564. The number of halogens is 2. The normalized spacial score (nSPS) is 16.0. The Balaban J connectivity index is 1.48. The van der Waals surface area contributed by atoms with Gasteiger partial charge in [0.05, 0.1) is 0 Å². The molecular weight excluding hydrogens is 395 g/mol. The van der Waals surface area contributed by atoms with Crippen LogP contribution in [-0.2, 0) is 11.3 Å². The van der Waals surface area contributed by atoms with Crippen LogP contribution in [0.2, 0.25) is 5.02 Å². The van der Waals surface area contributed by atoms with E-state index in [0.29, 0.717) is 22.3 Å². The average molecular weight is 415 g/mol. The van der Waals surface area contributed by atoms with Crippen LogP contribution in [0.4, 0.5) is 9.52 Å². The van der Waals surface area contributed by atoms with Gasteiger partial charge in [0.15, 0.2) is 4.34 Å². The standard InChI is InChI=1S/C17H20ClFN4OS2/c1-2-25-17-22-21-16(26-17)20-15(24)11-5-7-23(8-6-11)10-12-3-4-13(18)9-14(12)19/h3-4,9,11H,2,5-8,10H2,1H3,(H,20,21,24). The minimum absolute atomic E-state index is 0.00785. The lowest BCUT2D eigenvalue weighted by Crippen LogP contribution is -2.37. The summed E-state index contributed by atoms with van der Waals surface area (Å²) >= 11 is 8.80. The van der Waals surface area contributed by atoms with Crippen LogP contribution < -0.4 is 5.32 Å². The van der Waals surface area contributed by atoms with Crippen LogP contribution >= 0.6 is 34.7 Å². The molecule has 3 rings (SSSR count). The maximum absolute atomic E-state index is 13.9. The van der Waals surface area contributed by atoms with E-state index in [1.807, 2.05) is 6.92 Å². The van der Waals surface area contributed by atoms with E-state index in [1.165, 1.54) is 17.4 Å². The molecule has 0 atom stereocenters. The molecule has 2 aromatic rings. The average Bonchev–Trinajstić information content (AvgIpc) is 3.05. The Morgan fingerprint density at radius 1 is 1.42 bits per heavy atom. The Morgan fingerprint density at radius 3 is 2.88 bits per heavy atom. The van der Waals surface area contributed by atoms with Crippen LogP contribution in [0.5, 0.6) is 0 Å². The number of hydrogen-bond donors (Lipinski definition) is 1. The minimum atomic E-state index is -0.283. The largest absolute Gasteiger partial charge is 0.300 e. The molecule has 9 heteroatoms. The van der Waals surface area contributed by atoms with E-state index < -0.39 is 0 Å². The predicted octanol–water partition coefficient (Wildman–Crippen LogP) is 4.29. The number of likely N-dealkylation sites (tertiary alicyclic amines) is 1. The van der Waals surface area contributed by atoms with E-state index in [9.17, 15) is 9.18 Å². The van der Waals surface area contributed by atoms with Crippen LogP contribution in [-0.4, -0.2) is 39.8 Å². The number of amides is 1. The van der Waals surface area contributed by atoms with Crippen molar-refractivity contribution in [2.45, 2.75) is 30.6 Å². The van der Waals surface area contributed by atoms with Crippen LogP contribution in [0.3, 0.4) is 0 Å². The Bertz CT molecular complexity index is 765. The number of anilines is 1. The summed E-state index contributed by atoms with van der Waals surface area (Å²) in [6.07, 6.45) is 1.49. The zero-order valence-corrected chi connectivity index (χ0v) is 16.8. The van der Waals surface area contributed by atoms with Gasteiger partial charge in [0.2, 0.25) is 11.0 Å². The van der Waals surface area contributed by atoms with Gasteiger partial charge in [-0.3, -0.25) is 9.69 Å². The molecule has 1 amide bonds. The lowest BCUT2D eigenvalue weighted by Gasteiger charge is -2.31. The fraction of sp³-hybridized carbons (Fsp3) is 0.471. The summed E-state index contributed by atoms with van der Waals surface area (Å²) in [6.45, 7) is 4.10. The number of piperidine rings is 1. The summed E-state index contributed by atoms with van der Waals surface area (Å²) in [5.74, 6) is 0.586. The lowest BCUT2D eigenvalue weighted by atomic mass is 9.95. The molecule has 5 nitrogen and oxygen atoms in total. The first-order valence-corrected chi connectivity index (χ1v) is 10.7. The van der Waals surface area contributed by atoms with E-state index in [4.69, 9.17) is 11.6 Å². The van der Waals surface area contributed by atoms with Gasteiger partial charge in [0, 0.05) is 23.0 Å². The van der Waals surface area contributed by atoms with Crippen LogP contribution in [0.25, 0.3) is 0 Å². The Hall–Kier alpha value is -1.22. The molecule has 1 aliphatic heterocycles. The Labute approximate surface area is 165 Å². The number of nitrogens with zero attached hydrogens (tertiary/aromatic N) is 3. The molecule has 1 fully saturated rings. The topological polar surface area (TPSA) is 58.1 Å². The third-order valence-electron chi connectivity index (χ3n) is 4.27. The van der Waals surface area contributed by atoms with Gasteiger partial charge in [0.25, 0.3) is 0 Å². The van der Waals surface area contributed by atoms with Gasteiger partial charge in [-0.2, -0.15) is 0 Å². The fourth-order valence-corrected chi connectivity index (χ4v) is 4.70. The summed E-state index contributed by atoms with van der Waals surface area (Å²) in [5.41, 5.74) is 0.632. The van der Waals surface area contributed by atoms with Crippen molar-refractivity contribution in [3.05, 3.63) is 34.6 Å². The maximum Gasteiger partial charge on any atom is 0.229 e. The van der Waals surface area contributed by atoms with Crippen molar-refractivity contribution in [3.8, 4) is 0 Å². The van der Waals surface area contributed by atoms with Crippen LogP contribution in [0.1, 0.15) is 25.3 Å². The van der Waals surface area contributed by atoms with Crippen molar-refractivity contribution in [2.24, 2.45) is 5.92 Å². The number of benzene rings is 1. The molecule has 2 heterocycles. The first kappa shape index (κ1) is 19.5.